The smallest absolute Gasteiger partial charge is 0.224 e. The van der Waals surface area contributed by atoms with Crippen molar-refractivity contribution in [3.63, 3.8) is 0 Å². The Labute approximate surface area is 141 Å². The van der Waals surface area contributed by atoms with E-state index in [1.54, 1.807) is 18.3 Å². The molecule has 0 radical (unpaired) electrons. The fraction of sp³-hybridized carbons (Fsp3) is 0.526. The van der Waals surface area contributed by atoms with E-state index < -0.39 is 0 Å². The molecule has 24 heavy (non-hydrogen) atoms. The molecular formula is C19H23FN2O2. The summed E-state index contributed by atoms with van der Waals surface area (Å²) in [4.78, 5) is 6.95. The highest BCUT2D eigenvalue weighted by Crippen LogP contribution is 2.29. The molecule has 2 aliphatic rings. The Bertz CT molecular complexity index is 664. The van der Waals surface area contributed by atoms with Gasteiger partial charge in [-0.25, -0.2) is 9.37 Å². The van der Waals surface area contributed by atoms with Crippen LogP contribution in [0.5, 0.6) is 0 Å². The third-order valence-corrected chi connectivity index (χ3v) is 5.08. The Morgan fingerprint density at radius 1 is 1.17 bits per heavy atom. The van der Waals surface area contributed by atoms with Gasteiger partial charge in [0.2, 0.25) is 5.89 Å². The van der Waals surface area contributed by atoms with E-state index >= 15 is 0 Å². The number of hydrogen-bond donors (Lipinski definition) is 0. The van der Waals surface area contributed by atoms with Crippen molar-refractivity contribution in [2.75, 3.05) is 19.7 Å². The van der Waals surface area contributed by atoms with Crippen LogP contribution in [0.2, 0.25) is 0 Å². The fourth-order valence-corrected chi connectivity index (χ4v) is 3.78. The molecule has 1 aromatic carbocycles. The number of aromatic nitrogens is 1. The summed E-state index contributed by atoms with van der Waals surface area (Å²) in [6.07, 6.45) is 7.58. The van der Waals surface area contributed by atoms with Gasteiger partial charge in [-0.15, -0.1) is 0 Å². The molecule has 2 fully saturated rings. The number of benzene rings is 1. The summed E-state index contributed by atoms with van der Waals surface area (Å²) in [5.41, 5.74) is 1.01. The molecule has 1 saturated carbocycles. The molecule has 4 nitrogen and oxygen atoms in total. The number of oxazole rings is 1. The average molecular weight is 330 g/mol. The molecule has 1 aromatic heterocycles. The van der Waals surface area contributed by atoms with Gasteiger partial charge in [0.05, 0.1) is 12.8 Å². The van der Waals surface area contributed by atoms with Crippen LogP contribution in [0.1, 0.15) is 49.0 Å². The molecule has 2 aromatic rings. The van der Waals surface area contributed by atoms with Crippen molar-refractivity contribution < 1.29 is 13.5 Å². The molecule has 1 unspecified atom stereocenters. The van der Waals surface area contributed by atoms with Crippen LogP contribution < -0.4 is 0 Å². The zero-order valence-corrected chi connectivity index (χ0v) is 13.8. The number of halogens is 1. The second-order valence-electron chi connectivity index (χ2n) is 6.76. The van der Waals surface area contributed by atoms with Gasteiger partial charge in [-0.05, 0) is 30.5 Å². The van der Waals surface area contributed by atoms with E-state index in [-0.39, 0.29) is 11.9 Å². The molecule has 1 aliphatic heterocycles. The van der Waals surface area contributed by atoms with Crippen LogP contribution in [0.4, 0.5) is 4.39 Å². The summed E-state index contributed by atoms with van der Waals surface area (Å²) in [5, 5.41) is 0. The summed E-state index contributed by atoms with van der Waals surface area (Å²) in [6, 6.07) is 7.18. The Morgan fingerprint density at radius 2 is 1.96 bits per heavy atom. The van der Waals surface area contributed by atoms with Crippen LogP contribution in [-0.2, 0) is 11.2 Å². The minimum Gasteiger partial charge on any atom is -0.442 e. The first-order valence-electron chi connectivity index (χ1n) is 8.82. The van der Waals surface area contributed by atoms with Crippen molar-refractivity contribution in [3.8, 4) is 0 Å². The quantitative estimate of drug-likeness (QED) is 0.856. The topological polar surface area (TPSA) is 38.5 Å². The average Bonchev–Trinajstić information content (AvgIpc) is 3.29. The van der Waals surface area contributed by atoms with Crippen LogP contribution in [0.25, 0.3) is 0 Å². The number of morpholine rings is 1. The van der Waals surface area contributed by atoms with Gasteiger partial charge in [0.25, 0.3) is 0 Å². The maximum absolute atomic E-state index is 13.0. The first kappa shape index (κ1) is 15.8. The zero-order valence-electron chi connectivity index (χ0n) is 13.8. The standard InChI is InChI=1S/C19H23FN2O2/c20-15-7-5-14(6-8-15)11-17-12-21-19(24-17)18-13-22(9-10-23-18)16-3-1-2-4-16/h5-8,12,16,18H,1-4,9-11,13H2. The summed E-state index contributed by atoms with van der Waals surface area (Å²) >= 11 is 0. The first-order valence-corrected chi connectivity index (χ1v) is 8.82. The molecule has 1 aliphatic carbocycles. The lowest BCUT2D eigenvalue weighted by molar-refractivity contribution is -0.0557. The minimum absolute atomic E-state index is 0.0821. The number of rotatable bonds is 4. The molecular weight excluding hydrogens is 307 g/mol. The minimum atomic E-state index is -0.223. The third-order valence-electron chi connectivity index (χ3n) is 5.08. The van der Waals surface area contributed by atoms with Gasteiger partial charge in [-0.1, -0.05) is 25.0 Å². The van der Waals surface area contributed by atoms with Gasteiger partial charge in [-0.2, -0.15) is 0 Å². The Balaban J connectivity index is 1.41. The van der Waals surface area contributed by atoms with Gasteiger partial charge in [0.1, 0.15) is 17.7 Å². The lowest BCUT2D eigenvalue weighted by Crippen LogP contribution is -2.43. The monoisotopic (exact) mass is 330 g/mol. The first-order chi connectivity index (χ1) is 11.8. The summed E-state index contributed by atoms with van der Waals surface area (Å²) in [6.45, 7) is 2.60. The predicted molar refractivity (Wildman–Crippen MR) is 88.2 cm³/mol. The molecule has 128 valence electrons. The molecule has 1 atom stereocenters. The van der Waals surface area contributed by atoms with Crippen LogP contribution >= 0.6 is 0 Å². The van der Waals surface area contributed by atoms with Crippen LogP contribution in [0, 0.1) is 5.82 Å². The van der Waals surface area contributed by atoms with Gasteiger partial charge in [-0.3, -0.25) is 4.90 Å². The van der Waals surface area contributed by atoms with E-state index in [1.807, 2.05) is 0 Å². The van der Waals surface area contributed by atoms with Gasteiger partial charge < -0.3 is 9.15 Å². The van der Waals surface area contributed by atoms with Gasteiger partial charge >= 0.3 is 0 Å². The highest BCUT2D eigenvalue weighted by atomic mass is 19.1. The molecule has 0 amide bonds. The molecule has 0 bridgehead atoms. The van der Waals surface area contributed by atoms with E-state index in [4.69, 9.17) is 9.15 Å². The summed E-state index contributed by atoms with van der Waals surface area (Å²) in [7, 11) is 0. The number of nitrogens with zero attached hydrogens (tertiary/aromatic N) is 2. The van der Waals surface area contributed by atoms with Crippen molar-refractivity contribution in [3.05, 3.63) is 53.5 Å². The predicted octanol–water partition coefficient (Wildman–Crippen LogP) is 3.72. The SMILES string of the molecule is Fc1ccc(Cc2cnc(C3CN(C4CCCC4)CCO3)o2)cc1. The Hall–Kier alpha value is -1.72. The van der Waals surface area contributed by atoms with E-state index in [9.17, 15) is 4.39 Å². The Kier molecular flexibility index (Phi) is 4.63. The normalized spacial score (nSPS) is 23.0. The lowest BCUT2D eigenvalue weighted by Gasteiger charge is -2.35. The molecule has 1 saturated heterocycles. The fourth-order valence-electron chi connectivity index (χ4n) is 3.78. The van der Waals surface area contributed by atoms with E-state index in [2.05, 4.69) is 9.88 Å². The second-order valence-corrected chi connectivity index (χ2v) is 6.76. The van der Waals surface area contributed by atoms with Crippen molar-refractivity contribution >= 4 is 0 Å². The summed E-state index contributed by atoms with van der Waals surface area (Å²) < 4.78 is 24.8. The molecule has 5 heteroatoms. The molecule has 4 rings (SSSR count). The highest BCUT2D eigenvalue weighted by Gasteiger charge is 2.31. The lowest BCUT2D eigenvalue weighted by atomic mass is 10.1. The van der Waals surface area contributed by atoms with Crippen LogP contribution in [0.3, 0.4) is 0 Å². The number of ether oxygens (including phenoxy) is 1. The van der Waals surface area contributed by atoms with Crippen LogP contribution in [-0.4, -0.2) is 35.6 Å². The largest absolute Gasteiger partial charge is 0.442 e. The number of hydrogen-bond acceptors (Lipinski definition) is 4. The third kappa shape index (κ3) is 3.52. The van der Waals surface area contributed by atoms with E-state index in [1.165, 1.54) is 37.8 Å². The molecule has 0 spiro atoms. The zero-order chi connectivity index (χ0) is 16.4. The van der Waals surface area contributed by atoms with Crippen LogP contribution in [0.15, 0.2) is 34.9 Å². The maximum Gasteiger partial charge on any atom is 0.224 e. The van der Waals surface area contributed by atoms with Gasteiger partial charge in [0.15, 0.2) is 0 Å². The molecule has 0 N–H and O–H groups in total. The van der Waals surface area contributed by atoms with Crippen molar-refractivity contribution in [1.82, 2.24) is 9.88 Å². The summed E-state index contributed by atoms with van der Waals surface area (Å²) in [5.74, 6) is 1.23. The van der Waals surface area contributed by atoms with Gasteiger partial charge in [0, 0.05) is 25.6 Å². The maximum atomic E-state index is 13.0. The highest BCUT2D eigenvalue weighted by molar-refractivity contribution is 5.20. The van der Waals surface area contributed by atoms with Crippen molar-refractivity contribution in [1.29, 1.82) is 0 Å². The molecule has 2 heterocycles. The second kappa shape index (κ2) is 7.03. The van der Waals surface area contributed by atoms with E-state index in [0.29, 0.717) is 18.4 Å². The van der Waals surface area contributed by atoms with Crippen molar-refractivity contribution in [2.24, 2.45) is 0 Å². The Morgan fingerprint density at radius 3 is 2.75 bits per heavy atom. The van der Waals surface area contributed by atoms with E-state index in [0.717, 1.165) is 31.0 Å². The van der Waals surface area contributed by atoms with Crippen molar-refractivity contribution in [2.45, 2.75) is 44.2 Å².